The molecule has 0 heterocycles. The summed E-state index contributed by atoms with van der Waals surface area (Å²) >= 11 is 0. The molecular formula is C24H24N2O4. The highest BCUT2D eigenvalue weighted by atomic mass is 16.5. The van der Waals surface area contributed by atoms with Gasteiger partial charge in [0.2, 0.25) is 0 Å². The molecule has 3 aromatic carbocycles. The summed E-state index contributed by atoms with van der Waals surface area (Å²) in [5.74, 6) is 3.49. The SMILES string of the molecule is C#CCOc1cc(CNC(=O)NCC(O)c2ccc3ccccc3c2)ccc1OC. The van der Waals surface area contributed by atoms with Gasteiger partial charge in [0.1, 0.15) is 6.61 Å². The Kier molecular flexibility index (Phi) is 7.14. The van der Waals surface area contributed by atoms with Crippen molar-refractivity contribution in [3.05, 3.63) is 71.8 Å². The van der Waals surface area contributed by atoms with Gasteiger partial charge < -0.3 is 25.2 Å². The van der Waals surface area contributed by atoms with Gasteiger partial charge in [-0.2, -0.15) is 0 Å². The average molecular weight is 404 g/mol. The molecule has 0 radical (unpaired) electrons. The molecule has 3 rings (SSSR count). The summed E-state index contributed by atoms with van der Waals surface area (Å²) in [6.07, 6.45) is 4.43. The Morgan fingerprint density at radius 3 is 2.63 bits per heavy atom. The second-order valence-electron chi connectivity index (χ2n) is 6.66. The van der Waals surface area contributed by atoms with Crippen LogP contribution in [0.5, 0.6) is 11.5 Å². The number of nitrogens with one attached hydrogen (secondary N) is 2. The molecule has 0 bridgehead atoms. The van der Waals surface area contributed by atoms with Crippen molar-refractivity contribution >= 4 is 16.8 Å². The van der Waals surface area contributed by atoms with Crippen LogP contribution in [0.25, 0.3) is 10.8 Å². The molecule has 0 saturated heterocycles. The number of rotatable bonds is 8. The Morgan fingerprint density at radius 2 is 1.87 bits per heavy atom. The van der Waals surface area contributed by atoms with Crippen LogP contribution in [0.2, 0.25) is 0 Å². The van der Waals surface area contributed by atoms with Crippen molar-refractivity contribution in [1.29, 1.82) is 0 Å². The van der Waals surface area contributed by atoms with E-state index in [2.05, 4.69) is 16.6 Å². The van der Waals surface area contributed by atoms with E-state index in [4.69, 9.17) is 15.9 Å². The van der Waals surface area contributed by atoms with Gasteiger partial charge in [-0.25, -0.2) is 4.79 Å². The van der Waals surface area contributed by atoms with Crippen LogP contribution in [0.1, 0.15) is 17.2 Å². The number of hydrogen-bond acceptors (Lipinski definition) is 4. The number of fused-ring (bicyclic) bond motifs is 1. The molecule has 154 valence electrons. The van der Waals surface area contributed by atoms with Gasteiger partial charge in [0.05, 0.1) is 13.2 Å². The predicted octanol–water partition coefficient (Wildman–Crippen LogP) is 3.39. The number of ether oxygens (including phenoxy) is 2. The van der Waals surface area contributed by atoms with Crippen molar-refractivity contribution in [1.82, 2.24) is 10.6 Å². The Labute approximate surface area is 175 Å². The first-order valence-corrected chi connectivity index (χ1v) is 9.52. The third-order valence-electron chi connectivity index (χ3n) is 4.61. The monoisotopic (exact) mass is 404 g/mol. The number of urea groups is 1. The molecule has 0 aromatic heterocycles. The van der Waals surface area contributed by atoms with Gasteiger partial charge in [0, 0.05) is 13.1 Å². The third-order valence-corrected chi connectivity index (χ3v) is 4.61. The average Bonchev–Trinajstić information content (AvgIpc) is 2.79. The number of carbonyl (C=O) groups is 1. The van der Waals surface area contributed by atoms with E-state index < -0.39 is 6.10 Å². The lowest BCUT2D eigenvalue weighted by molar-refractivity contribution is 0.173. The number of amides is 2. The van der Waals surface area contributed by atoms with Crippen LogP contribution in [0, 0.1) is 12.3 Å². The maximum atomic E-state index is 12.1. The molecule has 0 aliphatic rings. The molecule has 0 aliphatic carbocycles. The second kappa shape index (κ2) is 10.2. The summed E-state index contributed by atoms with van der Waals surface area (Å²) in [6, 6.07) is 18.6. The Hall–Kier alpha value is -3.69. The number of hydrogen-bond donors (Lipinski definition) is 3. The van der Waals surface area contributed by atoms with Crippen LogP contribution in [0.3, 0.4) is 0 Å². The normalized spacial score (nSPS) is 11.4. The van der Waals surface area contributed by atoms with E-state index in [0.29, 0.717) is 11.5 Å². The number of methoxy groups -OCH3 is 1. The minimum atomic E-state index is -0.801. The van der Waals surface area contributed by atoms with E-state index in [1.165, 1.54) is 0 Å². The molecular weight excluding hydrogens is 380 g/mol. The molecule has 2 amide bonds. The fourth-order valence-corrected chi connectivity index (χ4v) is 3.03. The highest BCUT2D eigenvalue weighted by Crippen LogP contribution is 2.28. The van der Waals surface area contributed by atoms with E-state index in [1.807, 2.05) is 48.5 Å². The first-order valence-electron chi connectivity index (χ1n) is 9.52. The van der Waals surface area contributed by atoms with E-state index in [-0.39, 0.29) is 25.7 Å². The van der Waals surface area contributed by atoms with Crippen LogP contribution in [0.15, 0.2) is 60.7 Å². The van der Waals surface area contributed by atoms with E-state index in [1.54, 1.807) is 19.2 Å². The summed E-state index contributed by atoms with van der Waals surface area (Å²) in [7, 11) is 1.55. The quantitative estimate of drug-likeness (QED) is 0.503. The van der Waals surface area contributed by atoms with Gasteiger partial charge in [-0.05, 0) is 40.1 Å². The molecule has 6 heteroatoms. The fraction of sp³-hybridized carbons (Fsp3) is 0.208. The molecule has 0 fully saturated rings. The van der Waals surface area contributed by atoms with Crippen molar-refractivity contribution in [2.24, 2.45) is 0 Å². The molecule has 0 spiro atoms. The number of carbonyl (C=O) groups excluding carboxylic acids is 1. The van der Waals surface area contributed by atoms with E-state index in [9.17, 15) is 9.90 Å². The maximum Gasteiger partial charge on any atom is 0.315 e. The minimum Gasteiger partial charge on any atom is -0.493 e. The number of terminal acetylenes is 1. The molecule has 3 aromatic rings. The Morgan fingerprint density at radius 1 is 1.07 bits per heavy atom. The van der Waals surface area contributed by atoms with Crippen LogP contribution in [0.4, 0.5) is 4.79 Å². The molecule has 1 unspecified atom stereocenters. The van der Waals surface area contributed by atoms with Gasteiger partial charge in [0.15, 0.2) is 11.5 Å². The minimum absolute atomic E-state index is 0.101. The van der Waals surface area contributed by atoms with E-state index >= 15 is 0 Å². The maximum absolute atomic E-state index is 12.1. The molecule has 1 atom stereocenters. The van der Waals surface area contributed by atoms with E-state index in [0.717, 1.165) is 21.9 Å². The van der Waals surface area contributed by atoms with Crippen molar-refractivity contribution in [3.8, 4) is 23.8 Å². The van der Waals surface area contributed by atoms with Gasteiger partial charge in [-0.3, -0.25) is 0 Å². The first kappa shape index (κ1) is 21.0. The smallest absolute Gasteiger partial charge is 0.315 e. The van der Waals surface area contributed by atoms with Crippen LogP contribution in [-0.4, -0.2) is 31.4 Å². The Bertz CT molecular complexity index is 1060. The summed E-state index contributed by atoms with van der Waals surface area (Å²) in [6.45, 7) is 0.512. The lowest BCUT2D eigenvalue weighted by Crippen LogP contribution is -2.37. The summed E-state index contributed by atoms with van der Waals surface area (Å²) < 4.78 is 10.7. The van der Waals surface area contributed by atoms with Crippen molar-refractivity contribution in [3.63, 3.8) is 0 Å². The number of aliphatic hydroxyl groups excluding tert-OH is 1. The summed E-state index contributed by atoms with van der Waals surface area (Å²) in [5.41, 5.74) is 1.58. The Balaban J connectivity index is 1.52. The van der Waals surface area contributed by atoms with Crippen molar-refractivity contribution in [2.45, 2.75) is 12.6 Å². The topological polar surface area (TPSA) is 79.8 Å². The van der Waals surface area contributed by atoms with Crippen molar-refractivity contribution < 1.29 is 19.4 Å². The number of benzene rings is 3. The molecule has 0 aliphatic heterocycles. The van der Waals surface area contributed by atoms with Crippen LogP contribution >= 0.6 is 0 Å². The lowest BCUT2D eigenvalue weighted by Gasteiger charge is -2.14. The summed E-state index contributed by atoms with van der Waals surface area (Å²) in [5, 5.41) is 18.0. The molecule has 0 saturated carbocycles. The zero-order valence-electron chi connectivity index (χ0n) is 16.7. The lowest BCUT2D eigenvalue weighted by atomic mass is 10.0. The third kappa shape index (κ3) is 5.43. The zero-order chi connectivity index (χ0) is 21.3. The first-order chi connectivity index (χ1) is 14.6. The van der Waals surface area contributed by atoms with Gasteiger partial charge >= 0.3 is 6.03 Å². The van der Waals surface area contributed by atoms with Gasteiger partial charge in [-0.1, -0.05) is 48.4 Å². The fourth-order valence-electron chi connectivity index (χ4n) is 3.03. The molecule has 3 N–H and O–H groups in total. The highest BCUT2D eigenvalue weighted by molar-refractivity contribution is 5.83. The highest BCUT2D eigenvalue weighted by Gasteiger charge is 2.11. The molecule has 6 nitrogen and oxygen atoms in total. The molecule has 30 heavy (non-hydrogen) atoms. The predicted molar refractivity (Wildman–Crippen MR) is 116 cm³/mol. The zero-order valence-corrected chi connectivity index (χ0v) is 16.7. The van der Waals surface area contributed by atoms with Crippen LogP contribution < -0.4 is 20.1 Å². The summed E-state index contributed by atoms with van der Waals surface area (Å²) in [4.78, 5) is 12.1. The standard InChI is InChI=1S/C24H24N2O4/c1-3-12-30-23-13-17(8-11-22(23)29-2)15-25-24(28)26-16-21(27)20-10-9-18-6-4-5-7-19(18)14-20/h1,4-11,13-14,21,27H,12,15-16H2,2H3,(H2,25,26,28). The van der Waals surface area contributed by atoms with Crippen molar-refractivity contribution in [2.75, 3.05) is 20.3 Å². The second-order valence-corrected chi connectivity index (χ2v) is 6.66. The van der Waals surface area contributed by atoms with Crippen LogP contribution in [-0.2, 0) is 6.54 Å². The van der Waals surface area contributed by atoms with Gasteiger partial charge in [-0.15, -0.1) is 6.42 Å². The van der Waals surface area contributed by atoms with Gasteiger partial charge in [0.25, 0.3) is 0 Å². The largest absolute Gasteiger partial charge is 0.493 e. The number of aliphatic hydroxyl groups is 1.